The highest BCUT2D eigenvalue weighted by atomic mass is 35.5. The quantitative estimate of drug-likeness (QED) is 0.891. The molecule has 1 fully saturated rings. The number of hydrogen-bond acceptors (Lipinski definition) is 4. The van der Waals surface area contributed by atoms with Gasteiger partial charge >= 0.3 is 5.97 Å². The summed E-state index contributed by atoms with van der Waals surface area (Å²) in [6, 6.07) is -0.0686. The van der Waals surface area contributed by atoms with Crippen molar-refractivity contribution in [3.63, 3.8) is 0 Å². The second-order valence-electron chi connectivity index (χ2n) is 6.16. The minimum absolute atomic E-state index is 0.0587. The molecule has 1 amide bonds. The number of nitrogens with zero attached hydrogens (tertiary/aromatic N) is 3. The first-order valence-electron chi connectivity index (χ1n) is 7.95. The summed E-state index contributed by atoms with van der Waals surface area (Å²) in [7, 11) is 0. The van der Waals surface area contributed by atoms with E-state index >= 15 is 0 Å². The van der Waals surface area contributed by atoms with Gasteiger partial charge in [-0.05, 0) is 25.7 Å². The fourth-order valence-electron chi connectivity index (χ4n) is 2.80. The number of aromatic nitrogens is 2. The van der Waals surface area contributed by atoms with Crippen molar-refractivity contribution in [3.8, 4) is 0 Å². The van der Waals surface area contributed by atoms with Crippen LogP contribution in [0.4, 0.5) is 0 Å². The third-order valence-corrected chi connectivity index (χ3v) is 4.34. The van der Waals surface area contributed by atoms with Crippen LogP contribution in [-0.4, -0.2) is 44.4 Å². The van der Waals surface area contributed by atoms with E-state index in [2.05, 4.69) is 9.97 Å². The number of hydrogen-bond donors (Lipinski definition) is 1. The molecule has 0 spiro atoms. The predicted octanol–water partition coefficient (Wildman–Crippen LogP) is 3.11. The van der Waals surface area contributed by atoms with Crippen molar-refractivity contribution in [1.82, 2.24) is 14.9 Å². The molecule has 126 valence electrons. The average molecular weight is 340 g/mol. The molecular weight excluding hydrogens is 318 g/mol. The van der Waals surface area contributed by atoms with Crippen molar-refractivity contribution in [1.29, 1.82) is 0 Å². The van der Waals surface area contributed by atoms with Crippen LogP contribution in [0.2, 0.25) is 5.02 Å². The van der Waals surface area contributed by atoms with Crippen molar-refractivity contribution in [2.24, 2.45) is 0 Å². The van der Waals surface area contributed by atoms with Crippen LogP contribution in [0.5, 0.6) is 0 Å². The van der Waals surface area contributed by atoms with Gasteiger partial charge < -0.3 is 10.0 Å². The average Bonchev–Trinajstić information content (AvgIpc) is 2.52. The Morgan fingerprint density at radius 3 is 2.83 bits per heavy atom. The standard InChI is InChI=1S/C16H22ClN3O3/c1-10(2)15-18-9-12(17)14(19-15)16(23)20-8-4-3-5-11(20)6-7-13(21)22/h9-11H,3-8H2,1-2H3,(H,21,22)/t11-/m1/s1. The van der Waals surface area contributed by atoms with Crippen LogP contribution in [0.3, 0.4) is 0 Å². The minimum atomic E-state index is -0.842. The van der Waals surface area contributed by atoms with E-state index in [9.17, 15) is 9.59 Å². The normalized spacial score (nSPS) is 18.3. The van der Waals surface area contributed by atoms with Crippen molar-refractivity contribution < 1.29 is 14.7 Å². The van der Waals surface area contributed by atoms with Crippen molar-refractivity contribution >= 4 is 23.5 Å². The fourth-order valence-corrected chi connectivity index (χ4v) is 2.97. The summed E-state index contributed by atoms with van der Waals surface area (Å²) in [4.78, 5) is 33.9. The van der Waals surface area contributed by atoms with E-state index in [0.717, 1.165) is 19.3 Å². The Labute approximate surface area is 140 Å². The first-order chi connectivity index (χ1) is 10.9. The Hall–Kier alpha value is -1.69. The molecule has 1 aliphatic heterocycles. The van der Waals surface area contributed by atoms with Crippen LogP contribution in [-0.2, 0) is 4.79 Å². The lowest BCUT2D eigenvalue weighted by Gasteiger charge is -2.35. The van der Waals surface area contributed by atoms with Crippen LogP contribution in [0.1, 0.15) is 68.2 Å². The molecule has 2 heterocycles. The maximum absolute atomic E-state index is 12.9. The Bertz CT molecular complexity index is 592. The number of likely N-dealkylation sites (tertiary alicyclic amines) is 1. The predicted molar refractivity (Wildman–Crippen MR) is 86.7 cm³/mol. The van der Waals surface area contributed by atoms with Crippen LogP contribution in [0.15, 0.2) is 6.20 Å². The van der Waals surface area contributed by atoms with Crippen molar-refractivity contribution in [2.75, 3.05) is 6.54 Å². The van der Waals surface area contributed by atoms with E-state index in [-0.39, 0.29) is 35.0 Å². The van der Waals surface area contributed by atoms with Gasteiger partial charge in [-0.15, -0.1) is 0 Å². The van der Waals surface area contributed by atoms with Gasteiger partial charge in [-0.25, -0.2) is 9.97 Å². The molecule has 1 saturated heterocycles. The molecule has 7 heteroatoms. The fraction of sp³-hybridized carbons (Fsp3) is 0.625. The van der Waals surface area contributed by atoms with Crippen molar-refractivity contribution in [3.05, 3.63) is 22.7 Å². The number of piperidine rings is 1. The molecule has 1 N–H and O–H groups in total. The monoisotopic (exact) mass is 339 g/mol. The maximum Gasteiger partial charge on any atom is 0.303 e. The lowest BCUT2D eigenvalue weighted by atomic mass is 9.97. The SMILES string of the molecule is CC(C)c1ncc(Cl)c(C(=O)N2CCCC[C@@H]2CCC(=O)O)n1. The second kappa shape index (κ2) is 7.73. The molecule has 0 aromatic carbocycles. The number of carboxylic acids is 1. The topological polar surface area (TPSA) is 83.4 Å². The van der Waals surface area contributed by atoms with E-state index in [4.69, 9.17) is 16.7 Å². The molecule has 1 aromatic heterocycles. The number of aliphatic carboxylic acids is 1. The highest BCUT2D eigenvalue weighted by Crippen LogP contribution is 2.25. The molecule has 1 atom stereocenters. The van der Waals surface area contributed by atoms with E-state index in [1.165, 1.54) is 6.20 Å². The molecule has 2 rings (SSSR count). The maximum atomic E-state index is 12.9. The van der Waals surface area contributed by atoms with E-state index < -0.39 is 5.97 Å². The molecular formula is C16H22ClN3O3. The van der Waals surface area contributed by atoms with Gasteiger partial charge in [0.2, 0.25) is 0 Å². The van der Waals surface area contributed by atoms with Gasteiger partial charge in [0.15, 0.2) is 5.69 Å². The van der Waals surface area contributed by atoms with Gasteiger partial charge in [0.25, 0.3) is 5.91 Å². The van der Waals surface area contributed by atoms with Crippen LogP contribution in [0, 0.1) is 0 Å². The van der Waals surface area contributed by atoms with E-state index in [1.807, 2.05) is 13.8 Å². The number of carbonyl (C=O) groups excluding carboxylic acids is 1. The smallest absolute Gasteiger partial charge is 0.303 e. The second-order valence-corrected chi connectivity index (χ2v) is 6.57. The zero-order chi connectivity index (χ0) is 17.0. The van der Waals surface area contributed by atoms with Crippen molar-refractivity contribution in [2.45, 2.75) is 57.9 Å². The summed E-state index contributed by atoms with van der Waals surface area (Å²) in [5.41, 5.74) is 0.215. The molecule has 1 aromatic rings. The zero-order valence-electron chi connectivity index (χ0n) is 13.5. The van der Waals surface area contributed by atoms with E-state index in [1.54, 1.807) is 4.90 Å². The Morgan fingerprint density at radius 1 is 1.43 bits per heavy atom. The summed E-state index contributed by atoms with van der Waals surface area (Å²) < 4.78 is 0. The number of carboxylic acid groups (broad SMARTS) is 1. The van der Waals surface area contributed by atoms with Gasteiger partial charge in [0.05, 0.1) is 11.2 Å². The number of carbonyl (C=O) groups is 2. The number of halogens is 1. The lowest BCUT2D eigenvalue weighted by Crippen LogP contribution is -2.44. The summed E-state index contributed by atoms with van der Waals surface area (Å²) in [6.45, 7) is 4.52. The highest BCUT2D eigenvalue weighted by molar-refractivity contribution is 6.33. The zero-order valence-corrected chi connectivity index (χ0v) is 14.2. The summed E-state index contributed by atoms with van der Waals surface area (Å²) >= 11 is 6.12. The Morgan fingerprint density at radius 2 is 2.17 bits per heavy atom. The van der Waals surface area contributed by atoms with Gasteiger partial charge in [0, 0.05) is 24.9 Å². The number of rotatable bonds is 5. The van der Waals surface area contributed by atoms with Gasteiger partial charge in [-0.3, -0.25) is 9.59 Å². The van der Waals surface area contributed by atoms with Crippen LogP contribution in [0.25, 0.3) is 0 Å². The molecule has 0 unspecified atom stereocenters. The first-order valence-corrected chi connectivity index (χ1v) is 8.33. The molecule has 0 bridgehead atoms. The summed E-state index contributed by atoms with van der Waals surface area (Å²) in [6.07, 6.45) is 4.72. The highest BCUT2D eigenvalue weighted by Gasteiger charge is 2.30. The first kappa shape index (κ1) is 17.7. The molecule has 1 aliphatic rings. The van der Waals surface area contributed by atoms with E-state index in [0.29, 0.717) is 18.8 Å². The summed E-state index contributed by atoms with van der Waals surface area (Å²) in [5.74, 6) is -0.389. The minimum Gasteiger partial charge on any atom is -0.481 e. The van der Waals surface area contributed by atoms with Gasteiger partial charge in [0.1, 0.15) is 5.82 Å². The van der Waals surface area contributed by atoms with Gasteiger partial charge in [-0.1, -0.05) is 25.4 Å². The number of amides is 1. The molecule has 6 nitrogen and oxygen atoms in total. The largest absolute Gasteiger partial charge is 0.481 e. The lowest BCUT2D eigenvalue weighted by molar-refractivity contribution is -0.137. The third kappa shape index (κ3) is 4.41. The Balaban J connectivity index is 2.22. The Kier molecular flexibility index (Phi) is 5.93. The van der Waals surface area contributed by atoms with Crippen LogP contribution >= 0.6 is 11.6 Å². The third-order valence-electron chi connectivity index (χ3n) is 4.06. The molecule has 0 saturated carbocycles. The van der Waals surface area contributed by atoms with Gasteiger partial charge in [-0.2, -0.15) is 0 Å². The molecule has 0 aliphatic carbocycles. The summed E-state index contributed by atoms with van der Waals surface area (Å²) in [5, 5.41) is 9.12. The molecule has 0 radical (unpaired) electrons. The molecule has 23 heavy (non-hydrogen) atoms. The van der Waals surface area contributed by atoms with Crippen LogP contribution < -0.4 is 0 Å².